The van der Waals surface area contributed by atoms with Gasteiger partial charge in [-0.05, 0) is 0 Å². The fourth-order valence-electron chi connectivity index (χ4n) is 0. The van der Waals surface area contributed by atoms with Gasteiger partial charge in [-0.2, -0.15) is 5.54 Å². The minimum absolute atomic E-state index is 0.305. The van der Waals surface area contributed by atoms with Gasteiger partial charge in [-0.15, -0.1) is 5.54 Å². The van der Waals surface area contributed by atoms with Crippen LogP contribution >= 0.6 is 0 Å². The molecule has 20 valence electrons. The van der Waals surface area contributed by atoms with E-state index in [1.807, 2.05) is 0 Å². The zero-order valence-corrected chi connectivity index (χ0v) is 4.00. The standard InChI is InChI=1S/C2H4Si2/c3-1-2-4/h3H,4H3/i3D,4D3. The summed E-state index contributed by atoms with van der Waals surface area (Å²) in [6, 6.07) is 0. The van der Waals surface area contributed by atoms with E-state index in [1.165, 1.54) is 0 Å². The molecular formula is C2H4Si2. The molecule has 4 heavy (non-hydrogen) atoms. The lowest BCUT2D eigenvalue weighted by Gasteiger charge is -1.39. The molecule has 0 aromatic heterocycles. The van der Waals surface area contributed by atoms with Gasteiger partial charge in [0.15, 0.2) is 0 Å². The summed E-state index contributed by atoms with van der Waals surface area (Å²) in [7, 11) is -3.71. The van der Waals surface area contributed by atoms with Crippen LogP contribution in [0.1, 0.15) is 0 Å². The van der Waals surface area contributed by atoms with E-state index in [9.17, 15) is 0 Å². The van der Waals surface area contributed by atoms with Crippen LogP contribution in [-0.4, -0.2) is 25.2 Å². The van der Waals surface area contributed by atoms with Gasteiger partial charge >= 0.3 is 0 Å². The first-order valence-electron chi connectivity index (χ1n) is 2.75. The van der Waals surface area contributed by atoms with Crippen molar-refractivity contribution in [1.29, 1.82) is 4.94 Å². The van der Waals surface area contributed by atoms with Crippen molar-refractivity contribution >= 4 is 20.2 Å². The second kappa shape index (κ2) is 2.99. The first kappa shape index (κ1) is 0.732. The molecule has 0 atom stereocenters. The van der Waals surface area contributed by atoms with Gasteiger partial charge in [0.1, 0.15) is 10.2 Å². The van der Waals surface area contributed by atoms with Gasteiger partial charge in [0, 0.05) is 4.94 Å². The Kier molecular flexibility index (Phi) is 0.548. The Labute approximate surface area is 37.3 Å². The van der Waals surface area contributed by atoms with Gasteiger partial charge in [-0.1, -0.05) is 0 Å². The molecule has 0 amide bonds. The van der Waals surface area contributed by atoms with Gasteiger partial charge in [-0.25, -0.2) is 0 Å². The maximum absolute atomic E-state index is 6.65. The van der Waals surface area contributed by atoms with Crippen molar-refractivity contribution in [3.8, 4) is 11.1 Å². The van der Waals surface area contributed by atoms with E-state index in [2.05, 4.69) is 11.1 Å². The molecule has 0 aromatic carbocycles. The zero-order valence-electron chi connectivity index (χ0n) is 6.00. The second-order valence-electron chi connectivity index (χ2n) is 0.250. The van der Waals surface area contributed by atoms with E-state index in [1.54, 1.807) is 0 Å². The first-order valence-corrected chi connectivity index (χ1v) is 1.75. The number of rotatable bonds is 0. The summed E-state index contributed by atoms with van der Waals surface area (Å²) in [5, 5.41) is 0. The van der Waals surface area contributed by atoms with Crippen molar-refractivity contribution in [1.82, 2.24) is 0 Å². The highest BCUT2D eigenvalue weighted by atomic mass is 28.2. The minimum Gasteiger partial charge on any atom is -0.152 e. The summed E-state index contributed by atoms with van der Waals surface area (Å²) in [6.07, 6.45) is 0. The highest BCUT2D eigenvalue weighted by molar-refractivity contribution is 6.30. The Morgan fingerprint density at radius 3 is 3.75 bits per heavy atom. The highest BCUT2D eigenvalue weighted by Gasteiger charge is 1.28. The van der Waals surface area contributed by atoms with Crippen molar-refractivity contribution in [2.75, 3.05) is 0 Å². The molecular weight excluding hydrogens is 80.2 g/mol. The van der Waals surface area contributed by atoms with Gasteiger partial charge in [0.05, 0.1) is 10.0 Å². The van der Waals surface area contributed by atoms with Crippen LogP contribution in [0.25, 0.3) is 0 Å². The van der Waals surface area contributed by atoms with Crippen molar-refractivity contribution < 1.29 is 0 Å². The largest absolute Gasteiger partial charge is 0.152 e. The quantitative estimate of drug-likeness (QED) is 0.241. The van der Waals surface area contributed by atoms with E-state index in [4.69, 9.17) is 4.94 Å². The molecule has 0 saturated heterocycles. The lowest BCUT2D eigenvalue weighted by Crippen LogP contribution is -1.48. The average molecular weight is 88.3 g/mol. The molecule has 2 heteroatoms. The summed E-state index contributed by atoms with van der Waals surface area (Å²) >= 11 is 0. The molecule has 0 bridgehead atoms. The van der Waals surface area contributed by atoms with Crippen molar-refractivity contribution in [3.63, 3.8) is 0 Å². The molecule has 0 aliphatic rings. The zero-order chi connectivity index (χ0) is 6.62. The van der Waals surface area contributed by atoms with Crippen LogP contribution < -0.4 is 0 Å². The van der Waals surface area contributed by atoms with Crippen LogP contribution in [0.15, 0.2) is 0 Å². The van der Waals surface area contributed by atoms with E-state index in [0.717, 1.165) is 0 Å². The molecule has 0 aromatic rings. The fraction of sp³-hybridized carbons (Fsp3) is 0. The molecule has 0 N–H and O–H groups in total. The van der Waals surface area contributed by atoms with Crippen LogP contribution in [0, 0.1) is 11.1 Å². The molecule has 0 unspecified atom stereocenters. The van der Waals surface area contributed by atoms with Crippen molar-refractivity contribution in [2.24, 2.45) is 0 Å². The van der Waals surface area contributed by atoms with Crippen LogP contribution in [-0.2, 0) is 0 Å². The van der Waals surface area contributed by atoms with E-state index in [0.29, 0.717) is 0 Å². The van der Waals surface area contributed by atoms with Gasteiger partial charge in [-0.3, -0.25) is 0 Å². The first-order chi connectivity index (χ1) is 3.56. The lowest BCUT2D eigenvalue weighted by molar-refractivity contribution is 2.95. The molecule has 0 saturated carbocycles. The Bertz CT molecular complexity index is 116. The molecule has 0 heterocycles. The number of hydrogen-bond acceptors (Lipinski definition) is 0. The van der Waals surface area contributed by atoms with E-state index < -0.39 is 10.0 Å². The third-order valence-corrected chi connectivity index (χ3v) is 0.562. The topological polar surface area (TPSA) is 0 Å². The van der Waals surface area contributed by atoms with Crippen molar-refractivity contribution in [2.45, 2.75) is 0 Å². The van der Waals surface area contributed by atoms with E-state index in [-0.39, 0.29) is 10.2 Å². The monoisotopic (exact) mass is 88.0 g/mol. The average Bonchev–Trinajstić information content (AvgIpc) is 1.59. The lowest BCUT2D eigenvalue weighted by atomic mass is 11.4. The Morgan fingerprint density at radius 1 is 2.50 bits per heavy atom. The highest BCUT2D eigenvalue weighted by Crippen LogP contribution is 1.21. The third-order valence-electron chi connectivity index (χ3n) is 0.0625. The van der Waals surface area contributed by atoms with Gasteiger partial charge < -0.3 is 0 Å². The summed E-state index contributed by atoms with van der Waals surface area (Å²) in [6.45, 7) is 0. The maximum atomic E-state index is 6.65. The summed E-state index contributed by atoms with van der Waals surface area (Å²) in [5.41, 5.74) is 4.32. The van der Waals surface area contributed by atoms with Crippen LogP contribution in [0.3, 0.4) is 0 Å². The van der Waals surface area contributed by atoms with Crippen LogP contribution in [0.5, 0.6) is 0 Å². The predicted molar refractivity (Wildman–Crippen MR) is 24.9 cm³/mol. The Balaban J connectivity index is 3.69. The normalized spacial score (nSPS) is 21.0. The summed E-state index contributed by atoms with van der Waals surface area (Å²) in [4.78, 5) is 0. The predicted octanol–water partition coefficient (Wildman–Crippen LogP) is -1.83. The summed E-state index contributed by atoms with van der Waals surface area (Å²) < 4.78 is 26.5. The SMILES string of the molecule is [2H][Si]C#C[Si]([2H])([2H])[2H]. The van der Waals surface area contributed by atoms with E-state index >= 15 is 0 Å². The molecule has 0 nitrogen and oxygen atoms in total. The van der Waals surface area contributed by atoms with Crippen molar-refractivity contribution in [3.05, 3.63) is 0 Å². The van der Waals surface area contributed by atoms with Crippen LogP contribution in [0.4, 0.5) is 0 Å². The Hall–Kier alpha value is -0.00623. The number of hydrogen-bond donors (Lipinski definition) is 0. The molecule has 0 aliphatic heterocycles. The fourth-order valence-corrected chi connectivity index (χ4v) is 0. The minimum atomic E-state index is -3.40. The second-order valence-corrected chi connectivity index (χ2v) is 0.750. The van der Waals surface area contributed by atoms with Gasteiger partial charge in [0.25, 0.3) is 0 Å². The summed E-state index contributed by atoms with van der Waals surface area (Å²) in [5.74, 6) is 0. The molecule has 0 aliphatic carbocycles. The third kappa shape index (κ3) is 1.99. The smallest absolute Gasteiger partial charge is 0.125 e. The van der Waals surface area contributed by atoms with Crippen LogP contribution in [0.2, 0.25) is 0 Å². The maximum Gasteiger partial charge on any atom is 0.125 e. The molecule has 0 rings (SSSR count). The molecule has 0 fully saturated rings. The molecule has 2 radical (unpaired) electrons. The Morgan fingerprint density at radius 2 is 3.50 bits per heavy atom. The van der Waals surface area contributed by atoms with Gasteiger partial charge in [0.2, 0.25) is 0 Å². The molecule has 0 spiro atoms.